The van der Waals surface area contributed by atoms with E-state index in [0.717, 1.165) is 12.7 Å². The third kappa shape index (κ3) is 4.48. The molecular formula is C13H21FN4O. The van der Waals surface area contributed by atoms with E-state index in [1.165, 1.54) is 6.07 Å². The van der Waals surface area contributed by atoms with Crippen LogP contribution < -0.4 is 10.6 Å². The minimum absolute atomic E-state index is 0.217. The van der Waals surface area contributed by atoms with Crippen LogP contribution >= 0.6 is 0 Å². The standard InChI is InChI=1S/C13H21FN4O/c1-9(2)18(4)6-5-16-13(19)11-7-10(14)8-17-12(11)15-3/h7-9H,5-6H2,1-4H3,(H,15,17)(H,16,19). The van der Waals surface area contributed by atoms with Crippen molar-refractivity contribution in [3.05, 3.63) is 23.6 Å². The average molecular weight is 268 g/mol. The average Bonchev–Trinajstić information content (AvgIpc) is 2.38. The van der Waals surface area contributed by atoms with Gasteiger partial charge in [0.1, 0.15) is 11.6 Å². The molecule has 0 unspecified atom stereocenters. The summed E-state index contributed by atoms with van der Waals surface area (Å²) < 4.78 is 13.1. The lowest BCUT2D eigenvalue weighted by molar-refractivity contribution is 0.0948. The van der Waals surface area contributed by atoms with Gasteiger partial charge in [0.05, 0.1) is 11.8 Å². The van der Waals surface area contributed by atoms with Gasteiger partial charge in [0.2, 0.25) is 0 Å². The van der Waals surface area contributed by atoms with Crippen LogP contribution in [0.4, 0.5) is 10.2 Å². The largest absolute Gasteiger partial charge is 0.372 e. The van der Waals surface area contributed by atoms with Gasteiger partial charge in [-0.15, -0.1) is 0 Å². The number of hydrogen-bond donors (Lipinski definition) is 2. The van der Waals surface area contributed by atoms with Gasteiger partial charge in [-0.1, -0.05) is 0 Å². The minimum atomic E-state index is -0.525. The molecule has 1 amide bonds. The van der Waals surface area contributed by atoms with Crippen LogP contribution in [0, 0.1) is 5.82 Å². The van der Waals surface area contributed by atoms with Gasteiger partial charge < -0.3 is 15.5 Å². The summed E-state index contributed by atoms with van der Waals surface area (Å²) in [6, 6.07) is 1.60. The quantitative estimate of drug-likeness (QED) is 0.817. The first kappa shape index (κ1) is 15.4. The van der Waals surface area contributed by atoms with Gasteiger partial charge in [-0.25, -0.2) is 9.37 Å². The van der Waals surface area contributed by atoms with Crippen LogP contribution in [0.3, 0.4) is 0 Å². The molecule has 0 aliphatic heterocycles. The molecule has 0 aliphatic carbocycles. The number of nitrogens with one attached hydrogen (secondary N) is 2. The molecule has 0 saturated carbocycles. The molecular weight excluding hydrogens is 247 g/mol. The Morgan fingerprint density at radius 3 is 2.79 bits per heavy atom. The number of likely N-dealkylation sites (N-methyl/N-ethyl adjacent to an activating group) is 1. The molecule has 0 spiro atoms. The molecule has 0 saturated heterocycles. The van der Waals surface area contributed by atoms with Crippen LogP contribution in [-0.4, -0.2) is 49.0 Å². The van der Waals surface area contributed by atoms with E-state index in [9.17, 15) is 9.18 Å². The van der Waals surface area contributed by atoms with Crippen molar-refractivity contribution < 1.29 is 9.18 Å². The number of aromatic nitrogens is 1. The van der Waals surface area contributed by atoms with Gasteiger partial charge in [-0.3, -0.25) is 4.79 Å². The number of pyridine rings is 1. The van der Waals surface area contributed by atoms with E-state index in [0.29, 0.717) is 18.4 Å². The number of halogens is 1. The molecule has 1 rings (SSSR count). The summed E-state index contributed by atoms with van der Waals surface area (Å²) in [5.41, 5.74) is 0.217. The summed E-state index contributed by atoms with van der Waals surface area (Å²) in [6.07, 6.45) is 1.08. The maximum Gasteiger partial charge on any atom is 0.255 e. The van der Waals surface area contributed by atoms with E-state index in [1.807, 2.05) is 7.05 Å². The van der Waals surface area contributed by atoms with Crippen LogP contribution in [0.25, 0.3) is 0 Å². The molecule has 1 aromatic rings. The molecule has 1 heterocycles. The molecule has 5 nitrogen and oxygen atoms in total. The highest BCUT2D eigenvalue weighted by atomic mass is 19.1. The predicted octanol–water partition coefficient (Wildman–Crippen LogP) is 1.33. The van der Waals surface area contributed by atoms with Crippen LogP contribution in [0.2, 0.25) is 0 Å². The highest BCUT2D eigenvalue weighted by Crippen LogP contribution is 2.12. The van der Waals surface area contributed by atoms with E-state index in [4.69, 9.17) is 0 Å². The van der Waals surface area contributed by atoms with Crippen molar-refractivity contribution >= 4 is 11.7 Å². The first-order valence-electron chi connectivity index (χ1n) is 6.27. The molecule has 0 aromatic carbocycles. The van der Waals surface area contributed by atoms with Gasteiger partial charge in [-0.05, 0) is 27.0 Å². The van der Waals surface area contributed by atoms with E-state index >= 15 is 0 Å². The number of carbonyl (C=O) groups excluding carboxylic acids is 1. The fourth-order valence-corrected chi connectivity index (χ4v) is 1.51. The number of nitrogens with zero attached hydrogens (tertiary/aromatic N) is 2. The summed E-state index contributed by atoms with van der Waals surface area (Å²) in [4.78, 5) is 17.9. The van der Waals surface area contributed by atoms with E-state index in [1.54, 1.807) is 7.05 Å². The number of hydrogen-bond acceptors (Lipinski definition) is 4. The molecule has 106 valence electrons. The summed E-state index contributed by atoms with van der Waals surface area (Å²) in [5, 5.41) is 5.53. The van der Waals surface area contributed by atoms with Crippen LogP contribution in [0.5, 0.6) is 0 Å². The highest BCUT2D eigenvalue weighted by molar-refractivity contribution is 5.98. The molecule has 0 atom stereocenters. The first-order valence-corrected chi connectivity index (χ1v) is 6.27. The Morgan fingerprint density at radius 1 is 1.53 bits per heavy atom. The Labute approximate surface area is 113 Å². The van der Waals surface area contributed by atoms with E-state index in [-0.39, 0.29) is 11.5 Å². The fraction of sp³-hybridized carbons (Fsp3) is 0.538. The topological polar surface area (TPSA) is 57.3 Å². The third-order valence-electron chi connectivity index (χ3n) is 2.97. The Balaban J connectivity index is 2.61. The van der Waals surface area contributed by atoms with Gasteiger partial charge in [0.25, 0.3) is 5.91 Å². The lowest BCUT2D eigenvalue weighted by Crippen LogP contribution is -2.36. The Morgan fingerprint density at radius 2 is 2.21 bits per heavy atom. The van der Waals surface area contributed by atoms with Crippen molar-refractivity contribution in [3.63, 3.8) is 0 Å². The second kappa shape index (κ2) is 7.04. The van der Waals surface area contributed by atoms with Crippen LogP contribution in [0.1, 0.15) is 24.2 Å². The lowest BCUT2D eigenvalue weighted by atomic mass is 10.2. The highest BCUT2D eigenvalue weighted by Gasteiger charge is 2.13. The van der Waals surface area contributed by atoms with Crippen molar-refractivity contribution in [2.75, 3.05) is 32.5 Å². The second-order valence-corrected chi connectivity index (χ2v) is 4.63. The molecule has 0 fully saturated rings. The first-order chi connectivity index (χ1) is 8.95. The zero-order valence-electron chi connectivity index (χ0n) is 11.8. The van der Waals surface area contributed by atoms with Crippen LogP contribution in [0.15, 0.2) is 12.3 Å². The zero-order chi connectivity index (χ0) is 14.4. The number of amides is 1. The molecule has 0 radical (unpaired) electrons. The van der Waals surface area contributed by atoms with Gasteiger partial charge in [0, 0.05) is 26.2 Å². The molecule has 1 aromatic heterocycles. The SMILES string of the molecule is CNc1ncc(F)cc1C(=O)NCCN(C)C(C)C. The van der Waals surface area contributed by atoms with Crippen molar-refractivity contribution in [1.29, 1.82) is 0 Å². The lowest BCUT2D eigenvalue weighted by Gasteiger charge is -2.21. The van der Waals surface area contributed by atoms with E-state index < -0.39 is 5.82 Å². The Hall–Kier alpha value is -1.69. The maximum atomic E-state index is 13.1. The molecule has 0 aliphatic rings. The van der Waals surface area contributed by atoms with Gasteiger partial charge >= 0.3 is 0 Å². The predicted molar refractivity (Wildman–Crippen MR) is 73.8 cm³/mol. The molecule has 6 heteroatoms. The summed E-state index contributed by atoms with van der Waals surface area (Å²) >= 11 is 0. The Bertz CT molecular complexity index is 437. The zero-order valence-corrected chi connectivity index (χ0v) is 11.8. The van der Waals surface area contributed by atoms with E-state index in [2.05, 4.69) is 34.4 Å². The van der Waals surface area contributed by atoms with Crippen molar-refractivity contribution in [3.8, 4) is 0 Å². The number of carbonyl (C=O) groups is 1. The smallest absolute Gasteiger partial charge is 0.255 e. The van der Waals surface area contributed by atoms with Crippen molar-refractivity contribution in [2.24, 2.45) is 0 Å². The molecule has 19 heavy (non-hydrogen) atoms. The summed E-state index contributed by atoms with van der Waals surface area (Å²) in [7, 11) is 3.63. The Kier molecular flexibility index (Phi) is 5.69. The number of rotatable bonds is 6. The van der Waals surface area contributed by atoms with Gasteiger partial charge in [-0.2, -0.15) is 0 Å². The van der Waals surface area contributed by atoms with Gasteiger partial charge in [0.15, 0.2) is 0 Å². The monoisotopic (exact) mass is 268 g/mol. The van der Waals surface area contributed by atoms with Crippen molar-refractivity contribution in [1.82, 2.24) is 15.2 Å². The normalized spacial score (nSPS) is 10.9. The number of anilines is 1. The third-order valence-corrected chi connectivity index (χ3v) is 2.97. The second-order valence-electron chi connectivity index (χ2n) is 4.63. The molecule has 0 bridgehead atoms. The minimum Gasteiger partial charge on any atom is -0.372 e. The molecule has 2 N–H and O–H groups in total. The fourth-order valence-electron chi connectivity index (χ4n) is 1.51. The van der Waals surface area contributed by atoms with Crippen molar-refractivity contribution in [2.45, 2.75) is 19.9 Å². The van der Waals surface area contributed by atoms with Crippen LogP contribution in [-0.2, 0) is 0 Å². The summed E-state index contributed by atoms with van der Waals surface area (Å²) in [6.45, 7) is 5.41. The maximum absolute atomic E-state index is 13.1. The summed E-state index contributed by atoms with van der Waals surface area (Å²) in [5.74, 6) is -0.479.